The van der Waals surface area contributed by atoms with Crippen LogP contribution >= 0.6 is 0 Å². The molecule has 1 N–H and O–H groups in total. The lowest BCUT2D eigenvalue weighted by Crippen LogP contribution is -2.40. The van der Waals surface area contributed by atoms with Gasteiger partial charge in [-0.2, -0.15) is 0 Å². The summed E-state index contributed by atoms with van der Waals surface area (Å²) >= 11 is 0. The van der Waals surface area contributed by atoms with Crippen LogP contribution in [0.25, 0.3) is 0 Å². The lowest BCUT2D eigenvalue weighted by Gasteiger charge is -2.33. The fraction of sp³-hybridized carbons (Fsp3) is 0.643. The maximum atomic E-state index is 12.2. The third-order valence-electron chi connectivity index (χ3n) is 3.44. The van der Waals surface area contributed by atoms with Gasteiger partial charge in [-0.1, -0.05) is 13.8 Å². The van der Waals surface area contributed by atoms with Gasteiger partial charge in [0.15, 0.2) is 0 Å². The van der Waals surface area contributed by atoms with Crippen molar-refractivity contribution in [2.45, 2.75) is 33.1 Å². The molecular weight excluding hydrogens is 212 g/mol. The minimum absolute atomic E-state index is 0.156. The van der Waals surface area contributed by atoms with Crippen molar-refractivity contribution in [2.75, 3.05) is 13.1 Å². The Bertz CT molecular complexity index is 356. The van der Waals surface area contributed by atoms with Crippen LogP contribution in [0.15, 0.2) is 18.3 Å². The van der Waals surface area contributed by atoms with Crippen molar-refractivity contribution < 1.29 is 4.79 Å². The van der Waals surface area contributed by atoms with Crippen LogP contribution in [0.2, 0.25) is 0 Å². The second-order valence-electron chi connectivity index (χ2n) is 5.47. The summed E-state index contributed by atoms with van der Waals surface area (Å²) in [6, 6.07) is 3.73. The van der Waals surface area contributed by atoms with Crippen molar-refractivity contribution >= 4 is 5.91 Å². The van der Waals surface area contributed by atoms with Crippen molar-refractivity contribution in [3.8, 4) is 0 Å². The topological polar surface area (TPSA) is 36.1 Å². The lowest BCUT2D eigenvalue weighted by atomic mass is 9.89. The molecule has 94 valence electrons. The Hall–Kier alpha value is -1.25. The SMILES string of the molecule is CC(C)CC1CCCN(C(=O)c2ccc[nH]2)C1. The second kappa shape index (κ2) is 5.39. The maximum Gasteiger partial charge on any atom is 0.270 e. The van der Waals surface area contributed by atoms with Crippen molar-refractivity contribution in [3.63, 3.8) is 0 Å². The summed E-state index contributed by atoms with van der Waals surface area (Å²) in [4.78, 5) is 17.2. The van der Waals surface area contributed by atoms with Gasteiger partial charge < -0.3 is 9.88 Å². The number of rotatable bonds is 3. The van der Waals surface area contributed by atoms with Crippen LogP contribution in [-0.2, 0) is 0 Å². The number of nitrogens with one attached hydrogen (secondary N) is 1. The molecule has 1 saturated heterocycles. The van der Waals surface area contributed by atoms with Crippen LogP contribution < -0.4 is 0 Å². The van der Waals surface area contributed by atoms with Crippen molar-refractivity contribution in [2.24, 2.45) is 11.8 Å². The molecular formula is C14H22N2O. The highest BCUT2D eigenvalue weighted by Crippen LogP contribution is 2.23. The van der Waals surface area contributed by atoms with Gasteiger partial charge in [-0.15, -0.1) is 0 Å². The van der Waals surface area contributed by atoms with Gasteiger partial charge >= 0.3 is 0 Å². The Balaban J connectivity index is 1.95. The van der Waals surface area contributed by atoms with Gasteiger partial charge in [-0.05, 0) is 43.2 Å². The summed E-state index contributed by atoms with van der Waals surface area (Å²) in [7, 11) is 0. The van der Waals surface area contributed by atoms with E-state index in [1.54, 1.807) is 0 Å². The Labute approximate surface area is 103 Å². The van der Waals surface area contributed by atoms with Crippen LogP contribution in [-0.4, -0.2) is 28.9 Å². The summed E-state index contributed by atoms with van der Waals surface area (Å²) in [5, 5.41) is 0. The zero-order valence-electron chi connectivity index (χ0n) is 10.8. The van der Waals surface area contributed by atoms with E-state index in [0.29, 0.717) is 5.92 Å². The number of H-pyrrole nitrogens is 1. The number of aromatic amines is 1. The number of hydrogen-bond donors (Lipinski definition) is 1. The number of hydrogen-bond acceptors (Lipinski definition) is 1. The number of nitrogens with zero attached hydrogens (tertiary/aromatic N) is 1. The maximum absolute atomic E-state index is 12.2. The van der Waals surface area contributed by atoms with Crippen molar-refractivity contribution in [1.29, 1.82) is 0 Å². The van der Waals surface area contributed by atoms with E-state index < -0.39 is 0 Å². The van der Waals surface area contributed by atoms with Gasteiger partial charge in [-0.3, -0.25) is 4.79 Å². The Morgan fingerprint density at radius 3 is 3.06 bits per heavy atom. The summed E-state index contributed by atoms with van der Waals surface area (Å²) in [5.41, 5.74) is 0.718. The number of amides is 1. The number of carbonyl (C=O) groups is 1. The number of carbonyl (C=O) groups excluding carboxylic acids is 1. The molecule has 0 saturated carbocycles. The van der Waals surface area contributed by atoms with Crippen LogP contribution in [0.4, 0.5) is 0 Å². The molecule has 1 aromatic heterocycles. The molecule has 0 aliphatic carbocycles. The van der Waals surface area contributed by atoms with Crippen molar-refractivity contribution in [3.05, 3.63) is 24.0 Å². The Kier molecular flexibility index (Phi) is 3.87. The van der Waals surface area contributed by atoms with Gasteiger partial charge in [-0.25, -0.2) is 0 Å². The quantitative estimate of drug-likeness (QED) is 0.857. The van der Waals surface area contributed by atoms with E-state index in [1.165, 1.54) is 12.8 Å². The molecule has 1 aromatic rings. The van der Waals surface area contributed by atoms with E-state index in [2.05, 4.69) is 18.8 Å². The highest BCUT2D eigenvalue weighted by atomic mass is 16.2. The molecule has 3 nitrogen and oxygen atoms in total. The Morgan fingerprint density at radius 2 is 2.41 bits per heavy atom. The average molecular weight is 234 g/mol. The third kappa shape index (κ3) is 3.11. The molecule has 1 unspecified atom stereocenters. The zero-order chi connectivity index (χ0) is 12.3. The molecule has 0 bridgehead atoms. The van der Waals surface area contributed by atoms with E-state index in [4.69, 9.17) is 0 Å². The lowest BCUT2D eigenvalue weighted by molar-refractivity contribution is 0.0654. The minimum atomic E-state index is 0.156. The van der Waals surface area contributed by atoms with Gasteiger partial charge in [0.1, 0.15) is 5.69 Å². The molecule has 1 amide bonds. The number of aromatic nitrogens is 1. The monoisotopic (exact) mass is 234 g/mol. The first-order valence-electron chi connectivity index (χ1n) is 6.59. The van der Waals surface area contributed by atoms with E-state index in [-0.39, 0.29) is 5.91 Å². The Morgan fingerprint density at radius 1 is 1.59 bits per heavy atom. The largest absolute Gasteiger partial charge is 0.357 e. The molecule has 0 aromatic carbocycles. The molecule has 1 aliphatic rings. The van der Waals surface area contributed by atoms with Gasteiger partial charge in [0, 0.05) is 19.3 Å². The molecule has 17 heavy (non-hydrogen) atoms. The van der Waals surface area contributed by atoms with Crippen LogP contribution in [0.5, 0.6) is 0 Å². The fourth-order valence-corrected chi connectivity index (χ4v) is 2.74. The van der Waals surface area contributed by atoms with Crippen LogP contribution in [0, 0.1) is 11.8 Å². The second-order valence-corrected chi connectivity index (χ2v) is 5.47. The first-order chi connectivity index (χ1) is 8.16. The first kappa shape index (κ1) is 12.2. The predicted molar refractivity (Wildman–Crippen MR) is 68.9 cm³/mol. The zero-order valence-corrected chi connectivity index (χ0v) is 10.8. The summed E-state index contributed by atoms with van der Waals surface area (Å²) in [6.45, 7) is 6.35. The molecule has 0 spiro atoms. The summed E-state index contributed by atoms with van der Waals surface area (Å²) < 4.78 is 0. The highest BCUT2D eigenvalue weighted by molar-refractivity contribution is 5.92. The van der Waals surface area contributed by atoms with E-state index in [9.17, 15) is 4.79 Å². The average Bonchev–Trinajstić information content (AvgIpc) is 2.81. The summed E-state index contributed by atoms with van der Waals surface area (Å²) in [5.74, 6) is 1.56. The number of piperidine rings is 1. The number of likely N-dealkylation sites (tertiary alicyclic amines) is 1. The third-order valence-corrected chi connectivity index (χ3v) is 3.44. The fourth-order valence-electron chi connectivity index (χ4n) is 2.74. The molecule has 2 heterocycles. The normalized spacial score (nSPS) is 20.9. The molecule has 1 fully saturated rings. The van der Waals surface area contributed by atoms with Crippen LogP contribution in [0.3, 0.4) is 0 Å². The van der Waals surface area contributed by atoms with Gasteiger partial charge in [0.2, 0.25) is 0 Å². The van der Waals surface area contributed by atoms with Gasteiger partial charge in [0.25, 0.3) is 5.91 Å². The molecule has 3 heteroatoms. The van der Waals surface area contributed by atoms with Gasteiger partial charge in [0.05, 0.1) is 0 Å². The molecule has 0 radical (unpaired) electrons. The van der Waals surface area contributed by atoms with E-state index in [0.717, 1.165) is 31.1 Å². The molecule has 1 atom stereocenters. The first-order valence-corrected chi connectivity index (χ1v) is 6.59. The van der Waals surface area contributed by atoms with E-state index in [1.807, 2.05) is 23.2 Å². The standard InChI is InChI=1S/C14H22N2O/c1-11(2)9-12-5-4-8-16(10-12)14(17)13-6-3-7-15-13/h3,6-7,11-12,15H,4-5,8-10H2,1-2H3. The predicted octanol–water partition coefficient (Wildman–Crippen LogP) is 2.91. The minimum Gasteiger partial charge on any atom is -0.357 e. The van der Waals surface area contributed by atoms with E-state index >= 15 is 0 Å². The summed E-state index contributed by atoms with van der Waals surface area (Å²) in [6.07, 6.45) is 5.45. The van der Waals surface area contributed by atoms with Crippen LogP contribution in [0.1, 0.15) is 43.6 Å². The smallest absolute Gasteiger partial charge is 0.270 e. The highest BCUT2D eigenvalue weighted by Gasteiger charge is 2.25. The van der Waals surface area contributed by atoms with Crippen molar-refractivity contribution in [1.82, 2.24) is 9.88 Å². The molecule has 2 rings (SSSR count). The molecule has 1 aliphatic heterocycles.